The van der Waals surface area contributed by atoms with Gasteiger partial charge in [-0.15, -0.1) is 0 Å². The minimum Gasteiger partial charge on any atom is -0.318 e. The van der Waals surface area contributed by atoms with Crippen LogP contribution in [0.1, 0.15) is 0 Å². The van der Waals surface area contributed by atoms with Crippen LogP contribution >= 0.6 is 0 Å². The smallest absolute Gasteiger partial charge is 0.245 e. The lowest BCUT2D eigenvalue weighted by Gasteiger charge is -2.36. The molecule has 1 aromatic carbocycles. The molecule has 0 radical (unpaired) electrons. The average Bonchev–Trinajstić information content (AvgIpc) is 2.13. The third-order valence-electron chi connectivity index (χ3n) is 2.08. The van der Waals surface area contributed by atoms with E-state index in [-0.39, 0.29) is 11.7 Å². The highest BCUT2D eigenvalue weighted by atomic mass is 19.1. The summed E-state index contributed by atoms with van der Waals surface area (Å²) >= 11 is 0. The van der Waals surface area contributed by atoms with Gasteiger partial charge in [-0.25, -0.2) is 4.39 Å². The number of nitrogens with zero attached hydrogens (tertiary/aromatic N) is 1. The number of halogens is 1. The van der Waals surface area contributed by atoms with Gasteiger partial charge in [-0.05, 0) is 18.2 Å². The van der Waals surface area contributed by atoms with E-state index in [9.17, 15) is 9.18 Å². The van der Waals surface area contributed by atoms with Crippen LogP contribution in [0.15, 0.2) is 24.3 Å². The first-order valence-corrected chi connectivity index (χ1v) is 4.01. The molecule has 1 heterocycles. The molecule has 3 nitrogen and oxygen atoms in total. The van der Waals surface area contributed by atoms with Crippen LogP contribution in [0.25, 0.3) is 0 Å². The van der Waals surface area contributed by atoms with Crippen molar-refractivity contribution >= 4 is 11.6 Å². The summed E-state index contributed by atoms with van der Waals surface area (Å²) in [6.07, 6.45) is 0. The number of nitrogens with two attached hydrogens (primary N) is 1. The van der Waals surface area contributed by atoms with Crippen molar-refractivity contribution in [1.82, 2.24) is 0 Å². The highest BCUT2D eigenvalue weighted by Gasteiger charge is 2.34. The van der Waals surface area contributed by atoms with Crippen molar-refractivity contribution in [3.8, 4) is 0 Å². The van der Waals surface area contributed by atoms with E-state index in [1.165, 1.54) is 17.0 Å². The normalized spacial score (nSPS) is 21.5. The fourth-order valence-corrected chi connectivity index (χ4v) is 1.33. The molecule has 1 aromatic rings. The van der Waals surface area contributed by atoms with E-state index in [0.717, 1.165) is 0 Å². The Kier molecular flexibility index (Phi) is 1.77. The Bertz CT molecular complexity index is 353. The Morgan fingerprint density at radius 1 is 1.54 bits per heavy atom. The topological polar surface area (TPSA) is 46.3 Å². The number of benzene rings is 1. The van der Waals surface area contributed by atoms with Gasteiger partial charge in [0.15, 0.2) is 0 Å². The number of anilines is 1. The van der Waals surface area contributed by atoms with Crippen LogP contribution < -0.4 is 10.6 Å². The molecule has 1 aliphatic rings. The summed E-state index contributed by atoms with van der Waals surface area (Å²) in [5, 5.41) is 0. The van der Waals surface area contributed by atoms with Gasteiger partial charge in [0.2, 0.25) is 5.91 Å². The third kappa shape index (κ3) is 1.29. The lowest BCUT2D eigenvalue weighted by molar-refractivity contribution is -0.123. The zero-order valence-electron chi connectivity index (χ0n) is 6.90. The molecule has 0 spiro atoms. The fourth-order valence-electron chi connectivity index (χ4n) is 1.33. The molecule has 0 bridgehead atoms. The van der Waals surface area contributed by atoms with Gasteiger partial charge in [0.05, 0.1) is 6.54 Å². The molecule has 4 heteroatoms. The molecule has 0 aromatic heterocycles. The van der Waals surface area contributed by atoms with E-state index >= 15 is 0 Å². The summed E-state index contributed by atoms with van der Waals surface area (Å²) in [7, 11) is 0. The number of amides is 1. The molecule has 2 N–H and O–H groups in total. The van der Waals surface area contributed by atoms with Crippen LogP contribution in [-0.4, -0.2) is 18.5 Å². The molecule has 2 rings (SSSR count). The van der Waals surface area contributed by atoms with Gasteiger partial charge in [-0.3, -0.25) is 4.79 Å². The van der Waals surface area contributed by atoms with Crippen molar-refractivity contribution in [3.05, 3.63) is 30.1 Å². The predicted octanol–water partition coefficient (Wildman–Crippen LogP) is 0.500. The van der Waals surface area contributed by atoms with Crippen LogP contribution in [-0.2, 0) is 4.79 Å². The van der Waals surface area contributed by atoms with Crippen molar-refractivity contribution in [2.45, 2.75) is 6.04 Å². The van der Waals surface area contributed by atoms with Gasteiger partial charge in [0.1, 0.15) is 11.9 Å². The highest BCUT2D eigenvalue weighted by Crippen LogP contribution is 2.21. The Balaban J connectivity index is 2.23. The molecular formula is C9H9FN2O. The summed E-state index contributed by atoms with van der Waals surface area (Å²) in [5.74, 6) is -0.489. The molecule has 1 amide bonds. The van der Waals surface area contributed by atoms with Crippen LogP contribution in [0, 0.1) is 5.82 Å². The summed E-state index contributed by atoms with van der Waals surface area (Å²) in [6.45, 7) is 0.474. The summed E-state index contributed by atoms with van der Waals surface area (Å²) < 4.78 is 12.7. The SMILES string of the molecule is NC1CN(c2cccc(F)c2)C1=O. The number of carbonyl (C=O) groups excluding carboxylic acids is 1. The predicted molar refractivity (Wildman–Crippen MR) is 46.7 cm³/mol. The summed E-state index contributed by atoms with van der Waals surface area (Å²) in [5.41, 5.74) is 5.98. The van der Waals surface area contributed by atoms with E-state index in [2.05, 4.69) is 0 Å². The summed E-state index contributed by atoms with van der Waals surface area (Å²) in [6, 6.07) is 5.51. The second-order valence-electron chi connectivity index (χ2n) is 3.04. The molecular weight excluding hydrogens is 171 g/mol. The molecule has 13 heavy (non-hydrogen) atoms. The van der Waals surface area contributed by atoms with Gasteiger partial charge in [-0.1, -0.05) is 6.07 Å². The van der Waals surface area contributed by atoms with Crippen molar-refractivity contribution in [2.75, 3.05) is 11.4 Å². The quantitative estimate of drug-likeness (QED) is 0.640. The average molecular weight is 180 g/mol. The van der Waals surface area contributed by atoms with Crippen molar-refractivity contribution in [3.63, 3.8) is 0 Å². The van der Waals surface area contributed by atoms with Crippen LogP contribution in [0.3, 0.4) is 0 Å². The van der Waals surface area contributed by atoms with Crippen molar-refractivity contribution in [1.29, 1.82) is 0 Å². The lowest BCUT2D eigenvalue weighted by Crippen LogP contribution is -2.61. The lowest BCUT2D eigenvalue weighted by atomic mass is 10.1. The van der Waals surface area contributed by atoms with E-state index in [4.69, 9.17) is 5.73 Å². The van der Waals surface area contributed by atoms with Crippen molar-refractivity contribution in [2.24, 2.45) is 5.73 Å². The van der Waals surface area contributed by atoms with Gasteiger partial charge in [0, 0.05) is 5.69 Å². The van der Waals surface area contributed by atoms with E-state index in [0.29, 0.717) is 12.2 Å². The van der Waals surface area contributed by atoms with E-state index < -0.39 is 6.04 Å². The Hall–Kier alpha value is -1.42. The standard InChI is InChI=1S/C9H9FN2O/c10-6-2-1-3-7(4-6)12-5-8(11)9(12)13/h1-4,8H,5,11H2. The van der Waals surface area contributed by atoms with Crippen LogP contribution in [0.2, 0.25) is 0 Å². The molecule has 1 atom stereocenters. The molecule has 0 saturated carbocycles. The van der Waals surface area contributed by atoms with Gasteiger partial charge in [-0.2, -0.15) is 0 Å². The minimum absolute atomic E-state index is 0.148. The highest BCUT2D eigenvalue weighted by molar-refractivity contribution is 6.03. The minimum atomic E-state index is -0.414. The first-order chi connectivity index (χ1) is 6.18. The maximum atomic E-state index is 12.7. The monoisotopic (exact) mass is 180 g/mol. The molecule has 1 aliphatic heterocycles. The maximum Gasteiger partial charge on any atom is 0.245 e. The molecule has 1 fully saturated rings. The zero-order valence-corrected chi connectivity index (χ0v) is 6.90. The molecule has 1 saturated heterocycles. The number of β-lactam (4-membered cyclic amide) rings is 1. The zero-order chi connectivity index (χ0) is 9.42. The Labute approximate surface area is 74.9 Å². The third-order valence-corrected chi connectivity index (χ3v) is 2.08. The second kappa shape index (κ2) is 2.81. The largest absolute Gasteiger partial charge is 0.318 e. The van der Waals surface area contributed by atoms with Gasteiger partial charge >= 0.3 is 0 Å². The van der Waals surface area contributed by atoms with E-state index in [1.807, 2.05) is 0 Å². The first kappa shape index (κ1) is 8.19. The second-order valence-corrected chi connectivity index (χ2v) is 3.04. The maximum absolute atomic E-state index is 12.7. The fraction of sp³-hybridized carbons (Fsp3) is 0.222. The van der Waals surface area contributed by atoms with E-state index in [1.54, 1.807) is 12.1 Å². The number of hydrogen-bond donors (Lipinski definition) is 1. The van der Waals surface area contributed by atoms with Crippen LogP contribution in [0.4, 0.5) is 10.1 Å². The molecule has 1 unspecified atom stereocenters. The molecule has 68 valence electrons. The molecule has 0 aliphatic carbocycles. The van der Waals surface area contributed by atoms with Crippen LogP contribution in [0.5, 0.6) is 0 Å². The van der Waals surface area contributed by atoms with Crippen molar-refractivity contribution < 1.29 is 9.18 Å². The summed E-state index contributed by atoms with van der Waals surface area (Å²) in [4.78, 5) is 12.6. The Morgan fingerprint density at radius 3 is 2.85 bits per heavy atom. The number of carbonyl (C=O) groups is 1. The van der Waals surface area contributed by atoms with Gasteiger partial charge < -0.3 is 10.6 Å². The van der Waals surface area contributed by atoms with Gasteiger partial charge in [0.25, 0.3) is 0 Å². The Morgan fingerprint density at radius 2 is 2.31 bits per heavy atom. The number of hydrogen-bond acceptors (Lipinski definition) is 2. The number of rotatable bonds is 1. The first-order valence-electron chi connectivity index (χ1n) is 4.01.